The van der Waals surface area contributed by atoms with E-state index in [1.807, 2.05) is 82.6 Å². The maximum Gasteiger partial charge on any atom is 0.410 e. The molecule has 2 atom stereocenters. The minimum Gasteiger partial charge on any atom is -0.445 e. The van der Waals surface area contributed by atoms with Gasteiger partial charge in [-0.2, -0.15) is 0 Å². The van der Waals surface area contributed by atoms with Gasteiger partial charge in [-0.25, -0.2) is 4.79 Å². The standard InChI is InChI=1S/C36H35N3O3/c40-35(29-13-11-28(12-14-29)27-9-5-2-6-10-27)38-21-19-37(20-22-38)31-15-16-32-30-17-18-39(34(23-30)33(32)24-31)36(41)42-25-26-7-3-1-4-8-26/h1-16,24,30,34H,17-23,25H2. The predicted molar refractivity (Wildman–Crippen MR) is 164 cm³/mol. The third kappa shape index (κ3) is 5.13. The summed E-state index contributed by atoms with van der Waals surface area (Å²) >= 11 is 0. The molecule has 6 heteroatoms. The van der Waals surface area contributed by atoms with Gasteiger partial charge in [0.1, 0.15) is 6.61 Å². The van der Waals surface area contributed by atoms with Gasteiger partial charge in [-0.15, -0.1) is 0 Å². The van der Waals surface area contributed by atoms with Crippen LogP contribution >= 0.6 is 0 Å². The molecule has 0 N–H and O–H groups in total. The number of hydrogen-bond donors (Lipinski definition) is 0. The lowest BCUT2D eigenvalue weighted by atomic mass is 9.96. The minimum atomic E-state index is -0.232. The Kier molecular flexibility index (Phi) is 7.12. The van der Waals surface area contributed by atoms with E-state index >= 15 is 0 Å². The first-order chi connectivity index (χ1) is 20.6. The molecule has 0 saturated carbocycles. The number of piperidine rings is 1. The Hall–Kier alpha value is -4.58. The fourth-order valence-corrected chi connectivity index (χ4v) is 6.77. The number of carbonyl (C=O) groups is 2. The molecule has 1 aliphatic carbocycles. The van der Waals surface area contributed by atoms with Crippen LogP contribution in [0.1, 0.15) is 51.8 Å². The second-order valence-corrected chi connectivity index (χ2v) is 11.5. The lowest BCUT2D eigenvalue weighted by Crippen LogP contribution is -2.48. The van der Waals surface area contributed by atoms with Crippen molar-refractivity contribution in [2.75, 3.05) is 37.6 Å². The largest absolute Gasteiger partial charge is 0.445 e. The van der Waals surface area contributed by atoms with Crippen molar-refractivity contribution in [2.24, 2.45) is 0 Å². The highest BCUT2D eigenvalue weighted by molar-refractivity contribution is 5.95. The number of nitrogens with zero attached hydrogens (tertiary/aromatic N) is 3. The van der Waals surface area contributed by atoms with Crippen LogP contribution in [0.25, 0.3) is 11.1 Å². The first kappa shape index (κ1) is 26.3. The Bertz CT molecular complexity index is 1560. The van der Waals surface area contributed by atoms with Gasteiger partial charge in [0.15, 0.2) is 0 Å². The summed E-state index contributed by atoms with van der Waals surface area (Å²) in [6.45, 7) is 3.94. The Morgan fingerprint density at radius 1 is 0.714 bits per heavy atom. The zero-order valence-electron chi connectivity index (χ0n) is 23.7. The first-order valence-corrected chi connectivity index (χ1v) is 14.9. The van der Waals surface area contributed by atoms with Gasteiger partial charge in [-0.1, -0.05) is 78.9 Å². The third-order valence-corrected chi connectivity index (χ3v) is 9.08. The third-order valence-electron chi connectivity index (χ3n) is 9.08. The topological polar surface area (TPSA) is 53.1 Å². The molecule has 2 amide bonds. The van der Waals surface area contributed by atoms with E-state index in [1.165, 1.54) is 16.8 Å². The molecule has 2 unspecified atom stereocenters. The molecule has 2 heterocycles. The second kappa shape index (κ2) is 11.4. The molecule has 42 heavy (non-hydrogen) atoms. The van der Waals surface area contributed by atoms with E-state index in [-0.39, 0.29) is 18.0 Å². The van der Waals surface area contributed by atoms with Crippen LogP contribution in [0.2, 0.25) is 0 Å². The van der Waals surface area contributed by atoms with Gasteiger partial charge >= 0.3 is 6.09 Å². The molecular weight excluding hydrogens is 522 g/mol. The van der Waals surface area contributed by atoms with E-state index in [2.05, 4.69) is 35.2 Å². The van der Waals surface area contributed by atoms with Crippen molar-refractivity contribution in [3.05, 3.63) is 125 Å². The molecule has 4 aromatic rings. The Balaban J connectivity index is 0.993. The van der Waals surface area contributed by atoms with Crippen LogP contribution in [0.5, 0.6) is 0 Å². The summed E-state index contributed by atoms with van der Waals surface area (Å²) in [5.74, 6) is 0.585. The molecule has 4 aromatic carbocycles. The Morgan fingerprint density at radius 2 is 1.40 bits per heavy atom. The van der Waals surface area contributed by atoms with Crippen molar-refractivity contribution in [2.45, 2.75) is 31.4 Å². The molecule has 2 saturated heterocycles. The number of benzene rings is 4. The number of piperazine rings is 1. The molecule has 0 aromatic heterocycles. The number of anilines is 1. The number of rotatable bonds is 5. The number of hydrogen-bond acceptors (Lipinski definition) is 4. The molecule has 0 radical (unpaired) electrons. The van der Waals surface area contributed by atoms with Crippen LogP contribution in [0, 0.1) is 0 Å². The molecule has 0 spiro atoms. The number of ether oxygens (including phenoxy) is 1. The van der Waals surface area contributed by atoms with Crippen LogP contribution in [0.4, 0.5) is 10.5 Å². The molecule has 6 nitrogen and oxygen atoms in total. The summed E-state index contributed by atoms with van der Waals surface area (Å²) in [4.78, 5) is 32.6. The monoisotopic (exact) mass is 557 g/mol. The highest BCUT2D eigenvalue weighted by Gasteiger charge is 2.41. The van der Waals surface area contributed by atoms with Gasteiger partial charge in [-0.3, -0.25) is 4.79 Å². The maximum absolute atomic E-state index is 13.3. The number of likely N-dealkylation sites (tertiary alicyclic amines) is 1. The highest BCUT2D eigenvalue weighted by Crippen LogP contribution is 2.50. The SMILES string of the molecule is O=C(c1ccc(-c2ccccc2)cc1)N1CCN(c2ccc3c(c2)C2CC3CCN2C(=O)OCc2ccccc2)CC1. The van der Waals surface area contributed by atoms with Crippen LogP contribution in [-0.4, -0.2) is 54.5 Å². The Morgan fingerprint density at radius 3 is 2.14 bits per heavy atom. The zero-order valence-corrected chi connectivity index (χ0v) is 23.7. The van der Waals surface area contributed by atoms with Crippen molar-refractivity contribution < 1.29 is 14.3 Å². The normalized spacial score (nSPS) is 19.4. The molecule has 2 aliphatic heterocycles. The predicted octanol–water partition coefficient (Wildman–Crippen LogP) is 6.89. The summed E-state index contributed by atoms with van der Waals surface area (Å²) in [6, 6.07) is 34.8. The molecule has 7 rings (SSSR count). The van der Waals surface area contributed by atoms with Crippen molar-refractivity contribution in [3.8, 4) is 11.1 Å². The lowest BCUT2D eigenvalue weighted by molar-refractivity contribution is 0.0694. The number of fused-ring (bicyclic) bond motifs is 5. The summed E-state index contributed by atoms with van der Waals surface area (Å²) in [5, 5.41) is 0. The lowest BCUT2D eigenvalue weighted by Gasteiger charge is -2.36. The van der Waals surface area contributed by atoms with Crippen LogP contribution in [0.3, 0.4) is 0 Å². The van der Waals surface area contributed by atoms with E-state index in [9.17, 15) is 9.59 Å². The van der Waals surface area contributed by atoms with E-state index in [1.54, 1.807) is 0 Å². The fourth-order valence-electron chi connectivity index (χ4n) is 6.77. The van der Waals surface area contributed by atoms with Gasteiger partial charge < -0.3 is 19.4 Å². The molecule has 3 aliphatic rings. The van der Waals surface area contributed by atoms with Gasteiger partial charge in [0.05, 0.1) is 6.04 Å². The van der Waals surface area contributed by atoms with E-state index in [4.69, 9.17) is 4.74 Å². The number of carbonyl (C=O) groups excluding carboxylic acids is 2. The van der Waals surface area contributed by atoms with Crippen molar-refractivity contribution >= 4 is 17.7 Å². The fraction of sp³-hybridized carbons (Fsp3) is 0.278. The zero-order chi connectivity index (χ0) is 28.5. The van der Waals surface area contributed by atoms with Gasteiger partial charge in [0, 0.05) is 44.0 Å². The average Bonchev–Trinajstić information content (AvgIpc) is 3.34. The maximum atomic E-state index is 13.3. The van der Waals surface area contributed by atoms with E-state index in [0.717, 1.165) is 54.7 Å². The van der Waals surface area contributed by atoms with E-state index < -0.39 is 0 Å². The quantitative estimate of drug-likeness (QED) is 0.268. The smallest absolute Gasteiger partial charge is 0.410 e. The first-order valence-electron chi connectivity index (χ1n) is 14.9. The summed E-state index contributed by atoms with van der Waals surface area (Å²) in [5.41, 5.74) is 7.78. The minimum absolute atomic E-state index is 0.0590. The summed E-state index contributed by atoms with van der Waals surface area (Å²) in [6.07, 6.45) is 1.70. The van der Waals surface area contributed by atoms with Crippen molar-refractivity contribution in [1.29, 1.82) is 0 Å². The second-order valence-electron chi connectivity index (χ2n) is 11.5. The van der Waals surface area contributed by atoms with Crippen molar-refractivity contribution in [3.63, 3.8) is 0 Å². The van der Waals surface area contributed by atoms with Gasteiger partial charge in [0.2, 0.25) is 0 Å². The summed E-state index contributed by atoms with van der Waals surface area (Å²) < 4.78 is 5.72. The van der Waals surface area contributed by atoms with Gasteiger partial charge in [-0.05, 0) is 70.8 Å². The van der Waals surface area contributed by atoms with E-state index in [0.29, 0.717) is 25.6 Å². The van der Waals surface area contributed by atoms with Crippen LogP contribution in [0.15, 0.2) is 103 Å². The van der Waals surface area contributed by atoms with Crippen LogP contribution < -0.4 is 4.90 Å². The van der Waals surface area contributed by atoms with Crippen LogP contribution in [-0.2, 0) is 11.3 Å². The molecule has 2 bridgehead atoms. The number of amides is 2. The molecule has 2 fully saturated rings. The molecule has 212 valence electrons. The molecular formula is C36H35N3O3. The summed E-state index contributed by atoms with van der Waals surface area (Å²) in [7, 11) is 0. The highest BCUT2D eigenvalue weighted by atomic mass is 16.6. The van der Waals surface area contributed by atoms with Gasteiger partial charge in [0.25, 0.3) is 5.91 Å². The Labute approximate surface area is 247 Å². The average molecular weight is 558 g/mol. The van der Waals surface area contributed by atoms with Crippen molar-refractivity contribution in [1.82, 2.24) is 9.80 Å².